The van der Waals surface area contributed by atoms with Crippen LogP contribution >= 0.6 is 23.1 Å². The Morgan fingerprint density at radius 3 is 2.82 bits per heavy atom. The number of ether oxygens (including phenoxy) is 1. The number of aromatic nitrogens is 1. The van der Waals surface area contributed by atoms with Crippen LogP contribution in [0.1, 0.15) is 38.2 Å². The fourth-order valence-corrected chi connectivity index (χ4v) is 6.56. The summed E-state index contributed by atoms with van der Waals surface area (Å²) in [4.78, 5) is 19.6. The maximum Gasteiger partial charge on any atom is 0.312 e. The Bertz CT molecular complexity index is 1050. The second-order valence-corrected chi connectivity index (χ2v) is 10.9. The molecule has 4 rings (SSSR count). The Balaban J connectivity index is 1.36. The number of thioether (sulfide) groups is 1. The maximum atomic E-state index is 14.6. The number of likely N-dealkylation sites (tertiary alicyclic amines) is 1. The molecule has 0 N–H and O–H groups in total. The van der Waals surface area contributed by atoms with Crippen molar-refractivity contribution in [3.05, 3.63) is 59.4 Å². The van der Waals surface area contributed by atoms with Crippen molar-refractivity contribution < 1.29 is 13.9 Å². The molecule has 3 aromatic rings. The number of para-hydroxylation sites is 1. The number of piperidine rings is 1. The standard InChI is InChI=1S/C26H31FN2O2S2/c1-2-31-25(30)26(12-14-29(15-13-26)16-18-33-24-10-6-17-32-24)11-5-8-20-21-7-3-4-9-23(21)28-19-22(20)27/h3-4,6-7,9-10,17,19H,2,5,8,11-16,18H2,1H3. The Morgan fingerprint density at radius 2 is 2.06 bits per heavy atom. The van der Waals surface area contributed by atoms with E-state index in [1.54, 1.807) is 11.3 Å². The van der Waals surface area contributed by atoms with Crippen LogP contribution in [-0.4, -0.2) is 47.8 Å². The van der Waals surface area contributed by atoms with Crippen LogP contribution in [0.5, 0.6) is 0 Å². The van der Waals surface area contributed by atoms with Crippen LogP contribution in [0.3, 0.4) is 0 Å². The van der Waals surface area contributed by atoms with Crippen molar-refractivity contribution in [2.45, 2.75) is 43.2 Å². The van der Waals surface area contributed by atoms with Gasteiger partial charge in [-0.25, -0.2) is 4.39 Å². The highest BCUT2D eigenvalue weighted by Gasteiger charge is 2.42. The average Bonchev–Trinajstić information content (AvgIpc) is 3.35. The second-order valence-electron chi connectivity index (χ2n) is 8.58. The summed E-state index contributed by atoms with van der Waals surface area (Å²) in [6, 6.07) is 11.9. The van der Waals surface area contributed by atoms with Crippen LogP contribution in [0.4, 0.5) is 4.39 Å². The second kappa shape index (κ2) is 11.4. The third-order valence-corrected chi connectivity index (χ3v) is 8.70. The number of rotatable bonds is 10. The number of esters is 1. The highest BCUT2D eigenvalue weighted by atomic mass is 32.2. The molecule has 2 aromatic heterocycles. The summed E-state index contributed by atoms with van der Waals surface area (Å²) in [6.07, 6.45) is 4.98. The Hall–Kier alpha value is -1.96. The zero-order valence-corrected chi connectivity index (χ0v) is 20.7. The minimum Gasteiger partial charge on any atom is -0.466 e. The van der Waals surface area contributed by atoms with E-state index in [-0.39, 0.29) is 11.8 Å². The summed E-state index contributed by atoms with van der Waals surface area (Å²) in [5.74, 6) is 0.705. The molecule has 0 atom stereocenters. The summed E-state index contributed by atoms with van der Waals surface area (Å²) in [5, 5.41) is 2.97. The first kappa shape index (κ1) is 24.2. The number of thiophene rings is 1. The first-order valence-corrected chi connectivity index (χ1v) is 13.6. The number of halogens is 1. The van der Waals surface area contributed by atoms with E-state index in [0.29, 0.717) is 18.6 Å². The lowest BCUT2D eigenvalue weighted by Crippen LogP contribution is -2.45. The number of carbonyl (C=O) groups excluding carboxylic acids is 1. The van der Waals surface area contributed by atoms with Gasteiger partial charge in [0, 0.05) is 17.7 Å². The molecule has 1 aliphatic heterocycles. The number of nitrogens with zero attached hydrogens (tertiary/aromatic N) is 2. The predicted octanol–water partition coefficient (Wildman–Crippen LogP) is 6.20. The smallest absolute Gasteiger partial charge is 0.312 e. The molecule has 0 radical (unpaired) electrons. The summed E-state index contributed by atoms with van der Waals surface area (Å²) in [6.45, 7) is 5.08. The van der Waals surface area contributed by atoms with E-state index in [4.69, 9.17) is 4.74 Å². The van der Waals surface area contributed by atoms with Crippen molar-refractivity contribution in [1.29, 1.82) is 0 Å². The molecule has 0 spiro atoms. The Kier molecular flexibility index (Phi) is 8.39. The molecular formula is C26H31FN2O2S2. The highest BCUT2D eigenvalue weighted by molar-refractivity contribution is 8.01. The van der Waals surface area contributed by atoms with Crippen molar-refractivity contribution in [3.8, 4) is 0 Å². The van der Waals surface area contributed by atoms with Gasteiger partial charge in [-0.05, 0) is 75.2 Å². The van der Waals surface area contributed by atoms with Gasteiger partial charge in [-0.3, -0.25) is 9.78 Å². The minimum absolute atomic E-state index is 0.0855. The zero-order chi connectivity index (χ0) is 23.1. The normalized spacial score (nSPS) is 16.2. The van der Waals surface area contributed by atoms with Gasteiger partial charge in [0.05, 0.1) is 27.9 Å². The first-order chi connectivity index (χ1) is 16.1. The van der Waals surface area contributed by atoms with E-state index in [2.05, 4.69) is 27.4 Å². The molecule has 0 unspecified atom stereocenters. The fraction of sp³-hybridized carbons (Fsp3) is 0.462. The molecule has 1 aliphatic rings. The van der Waals surface area contributed by atoms with Gasteiger partial charge >= 0.3 is 5.97 Å². The molecular weight excluding hydrogens is 455 g/mol. The summed E-state index contributed by atoms with van der Waals surface area (Å²) >= 11 is 3.67. The number of pyridine rings is 1. The van der Waals surface area contributed by atoms with E-state index < -0.39 is 5.41 Å². The fourth-order valence-electron chi connectivity index (χ4n) is 4.70. The highest BCUT2D eigenvalue weighted by Crippen LogP contribution is 2.39. The topological polar surface area (TPSA) is 42.4 Å². The largest absolute Gasteiger partial charge is 0.466 e. The summed E-state index contributed by atoms with van der Waals surface area (Å²) in [7, 11) is 0. The lowest BCUT2D eigenvalue weighted by Gasteiger charge is -2.40. The zero-order valence-electron chi connectivity index (χ0n) is 19.1. The Morgan fingerprint density at radius 1 is 1.24 bits per heavy atom. The van der Waals surface area contributed by atoms with E-state index in [1.807, 2.05) is 43.0 Å². The van der Waals surface area contributed by atoms with Crippen molar-refractivity contribution in [2.24, 2.45) is 5.41 Å². The van der Waals surface area contributed by atoms with E-state index in [1.165, 1.54) is 10.4 Å². The molecule has 0 amide bonds. The number of benzene rings is 1. The number of fused-ring (bicyclic) bond motifs is 1. The van der Waals surface area contributed by atoms with Crippen molar-refractivity contribution in [3.63, 3.8) is 0 Å². The minimum atomic E-state index is -0.466. The van der Waals surface area contributed by atoms with Gasteiger partial charge in [0.15, 0.2) is 0 Å². The first-order valence-electron chi connectivity index (χ1n) is 11.7. The van der Waals surface area contributed by atoms with Gasteiger partial charge in [0.2, 0.25) is 0 Å². The van der Waals surface area contributed by atoms with Gasteiger partial charge in [0.1, 0.15) is 5.82 Å². The van der Waals surface area contributed by atoms with Crippen molar-refractivity contribution in [2.75, 3.05) is 32.0 Å². The van der Waals surface area contributed by atoms with Gasteiger partial charge in [-0.2, -0.15) is 0 Å². The summed E-state index contributed by atoms with van der Waals surface area (Å²) in [5.41, 5.74) is 1.04. The van der Waals surface area contributed by atoms with E-state index >= 15 is 0 Å². The van der Waals surface area contributed by atoms with E-state index in [0.717, 1.165) is 62.0 Å². The van der Waals surface area contributed by atoms with Crippen LogP contribution in [0.25, 0.3) is 10.9 Å². The molecule has 3 heterocycles. The predicted molar refractivity (Wildman–Crippen MR) is 134 cm³/mol. The molecule has 1 saturated heterocycles. The number of carbonyl (C=O) groups is 1. The van der Waals surface area contributed by atoms with Gasteiger partial charge in [-0.1, -0.05) is 24.3 Å². The molecule has 1 aromatic carbocycles. The number of aryl methyl sites for hydroxylation is 1. The molecule has 0 saturated carbocycles. The summed E-state index contributed by atoms with van der Waals surface area (Å²) < 4.78 is 21.4. The van der Waals surface area contributed by atoms with Gasteiger partial charge in [-0.15, -0.1) is 23.1 Å². The lowest BCUT2D eigenvalue weighted by molar-refractivity contribution is -0.159. The number of hydrogen-bond acceptors (Lipinski definition) is 6. The third-order valence-electron chi connectivity index (χ3n) is 6.59. The van der Waals surface area contributed by atoms with Crippen molar-refractivity contribution in [1.82, 2.24) is 9.88 Å². The van der Waals surface area contributed by atoms with Crippen LogP contribution in [-0.2, 0) is 16.0 Å². The molecule has 1 fully saturated rings. The third kappa shape index (κ3) is 5.94. The number of hydrogen-bond donors (Lipinski definition) is 0. The molecule has 33 heavy (non-hydrogen) atoms. The van der Waals surface area contributed by atoms with Crippen molar-refractivity contribution >= 4 is 40.0 Å². The van der Waals surface area contributed by atoms with Crippen LogP contribution < -0.4 is 0 Å². The quantitative estimate of drug-likeness (QED) is 0.252. The van der Waals surface area contributed by atoms with E-state index in [9.17, 15) is 9.18 Å². The molecule has 4 nitrogen and oxygen atoms in total. The molecule has 0 aliphatic carbocycles. The molecule has 7 heteroatoms. The van der Waals surface area contributed by atoms with Crippen LogP contribution in [0.2, 0.25) is 0 Å². The molecule has 176 valence electrons. The average molecular weight is 487 g/mol. The lowest BCUT2D eigenvalue weighted by atomic mass is 9.74. The Labute approximate surface area is 203 Å². The SMILES string of the molecule is CCOC(=O)C1(CCCc2c(F)cnc3ccccc23)CCN(CCSc2cccs2)CC1. The van der Waals surface area contributed by atoms with Crippen LogP contribution in [0.15, 0.2) is 52.2 Å². The monoisotopic (exact) mass is 486 g/mol. The maximum absolute atomic E-state index is 14.6. The van der Waals surface area contributed by atoms with Crippen LogP contribution in [0, 0.1) is 11.2 Å². The molecule has 0 bridgehead atoms. The van der Waals surface area contributed by atoms with Gasteiger partial charge in [0.25, 0.3) is 0 Å². The van der Waals surface area contributed by atoms with Gasteiger partial charge < -0.3 is 9.64 Å².